The van der Waals surface area contributed by atoms with Gasteiger partial charge in [-0.15, -0.1) is 0 Å². The van der Waals surface area contributed by atoms with Crippen molar-refractivity contribution >= 4 is 17.3 Å². The zero-order chi connectivity index (χ0) is 18.2. The molecule has 0 aliphatic heterocycles. The van der Waals surface area contributed by atoms with Crippen LogP contribution in [0.4, 0.5) is 11.4 Å². The van der Waals surface area contributed by atoms with E-state index in [0.29, 0.717) is 0 Å². The fourth-order valence-corrected chi connectivity index (χ4v) is 2.73. The van der Waals surface area contributed by atoms with Crippen LogP contribution in [0.25, 0.3) is 0 Å². The molecule has 0 saturated heterocycles. The third-order valence-corrected chi connectivity index (χ3v) is 4.05. The number of nitrogens with zero attached hydrogens (tertiary/aromatic N) is 1. The Morgan fingerprint density at radius 3 is 1.67 bits per heavy atom. The number of carbonyl (C=O) groups is 1. The third-order valence-electron chi connectivity index (χ3n) is 4.05. The van der Waals surface area contributed by atoms with Crippen LogP contribution in [-0.2, 0) is 19.5 Å². The molecule has 0 aliphatic carbocycles. The minimum Gasteiger partial charge on any atom is -0.287 e. The van der Waals surface area contributed by atoms with E-state index in [2.05, 4.69) is 0 Å². The summed E-state index contributed by atoms with van der Waals surface area (Å²) in [6, 6.07) is 35.2. The van der Waals surface area contributed by atoms with E-state index in [-0.39, 0.29) is 25.4 Å². The number of aryl methyl sites for hydroxylation is 1. The van der Waals surface area contributed by atoms with Gasteiger partial charge in [-0.1, -0.05) is 48.9 Å². The summed E-state index contributed by atoms with van der Waals surface area (Å²) in [6.07, 6.45) is 0. The SMILES string of the molecule is Cc1ccc[c-]1C(=O)N(c1ccccc1)c1ccccc1.[Ru+2].c1cc[cH-]c1. The smallest absolute Gasteiger partial charge is 0.287 e. The van der Waals surface area contributed by atoms with Crippen LogP contribution in [0.3, 0.4) is 0 Å². The first kappa shape index (κ1) is 20.5. The van der Waals surface area contributed by atoms with Crippen LogP contribution in [0.1, 0.15) is 15.9 Å². The number of benzene rings is 2. The van der Waals surface area contributed by atoms with E-state index < -0.39 is 0 Å². The molecule has 2 nitrogen and oxygen atoms in total. The molecule has 136 valence electrons. The van der Waals surface area contributed by atoms with Crippen LogP contribution < -0.4 is 4.90 Å². The van der Waals surface area contributed by atoms with E-state index >= 15 is 0 Å². The van der Waals surface area contributed by atoms with Gasteiger partial charge < -0.3 is 0 Å². The van der Waals surface area contributed by atoms with Gasteiger partial charge >= 0.3 is 19.5 Å². The maximum Gasteiger partial charge on any atom is 2.00 e. The molecule has 1 amide bonds. The van der Waals surface area contributed by atoms with Gasteiger partial charge in [0.25, 0.3) is 0 Å². The minimum absolute atomic E-state index is 0. The molecule has 4 rings (SSSR count). The van der Waals surface area contributed by atoms with Crippen LogP contribution in [0, 0.1) is 6.92 Å². The van der Waals surface area contributed by atoms with Crippen LogP contribution in [-0.4, -0.2) is 5.91 Å². The fourth-order valence-electron chi connectivity index (χ4n) is 2.73. The number of hydrogen-bond donors (Lipinski definition) is 0. The monoisotopic (exact) mass is 441 g/mol. The van der Waals surface area contributed by atoms with Crippen molar-refractivity contribution in [2.45, 2.75) is 6.92 Å². The maximum atomic E-state index is 13.0. The summed E-state index contributed by atoms with van der Waals surface area (Å²) < 4.78 is 0. The molecular weight excluding hydrogens is 419 g/mol. The molecule has 0 heterocycles. The van der Waals surface area contributed by atoms with Crippen molar-refractivity contribution in [1.29, 1.82) is 0 Å². The molecule has 0 bridgehead atoms. The molecule has 0 radical (unpaired) electrons. The Morgan fingerprint density at radius 1 is 0.778 bits per heavy atom. The normalized spacial score (nSPS) is 9.52. The minimum atomic E-state index is -0.00472. The van der Waals surface area contributed by atoms with Gasteiger partial charge in [-0.25, -0.2) is 24.3 Å². The van der Waals surface area contributed by atoms with Crippen molar-refractivity contribution in [3.8, 4) is 0 Å². The third kappa shape index (κ3) is 5.35. The Hall–Kier alpha value is -2.77. The van der Waals surface area contributed by atoms with Crippen molar-refractivity contribution in [2.24, 2.45) is 0 Å². The average molecular weight is 441 g/mol. The molecule has 0 saturated carbocycles. The first-order chi connectivity index (χ1) is 12.8. The predicted octanol–water partition coefficient (Wildman–Crippen LogP) is 6.10. The molecule has 3 heteroatoms. The fraction of sp³-hybridized carbons (Fsp3) is 0.0417. The van der Waals surface area contributed by atoms with Gasteiger partial charge in [-0.2, -0.15) is 29.8 Å². The standard InChI is InChI=1S/C19H16NO.C5H5.Ru/c1-15-9-8-14-18(15)19(21)20(16-10-4-2-5-11-16)17-12-6-3-7-13-17;1-2-4-5-3-1;/h2-14H,1H3;1-5H;/q2*-1;+2. The van der Waals surface area contributed by atoms with Crippen LogP contribution in [0.2, 0.25) is 0 Å². The van der Waals surface area contributed by atoms with Crippen molar-refractivity contribution in [2.75, 3.05) is 4.90 Å². The summed E-state index contributed by atoms with van der Waals surface area (Å²) in [5.74, 6) is -0.00472. The first-order valence-electron chi connectivity index (χ1n) is 8.61. The average Bonchev–Trinajstić information content (AvgIpc) is 3.38. The van der Waals surface area contributed by atoms with Gasteiger partial charge in [0.15, 0.2) is 0 Å². The summed E-state index contributed by atoms with van der Waals surface area (Å²) in [5.41, 5.74) is 3.48. The summed E-state index contributed by atoms with van der Waals surface area (Å²) in [4.78, 5) is 14.7. The zero-order valence-electron chi connectivity index (χ0n) is 15.1. The van der Waals surface area contributed by atoms with E-state index in [1.807, 2.05) is 116 Å². The number of amides is 1. The Bertz CT molecular complexity index is 855. The Morgan fingerprint density at radius 2 is 1.30 bits per heavy atom. The zero-order valence-corrected chi connectivity index (χ0v) is 16.8. The molecule has 4 aromatic rings. The second-order valence-corrected chi connectivity index (χ2v) is 5.90. The van der Waals surface area contributed by atoms with Gasteiger partial charge in [0.05, 0.1) is 0 Å². The quantitative estimate of drug-likeness (QED) is 0.279. The van der Waals surface area contributed by atoms with Crippen molar-refractivity contribution in [3.63, 3.8) is 0 Å². The van der Waals surface area contributed by atoms with Crippen molar-refractivity contribution < 1.29 is 24.3 Å². The summed E-state index contributed by atoms with van der Waals surface area (Å²) in [7, 11) is 0. The molecular formula is C24H21NORu. The molecule has 0 spiro atoms. The van der Waals surface area contributed by atoms with Crippen LogP contribution in [0.15, 0.2) is 109 Å². The van der Waals surface area contributed by atoms with Crippen molar-refractivity contribution in [1.82, 2.24) is 0 Å². The Balaban J connectivity index is 0.000000379. The van der Waals surface area contributed by atoms with E-state index in [0.717, 1.165) is 22.5 Å². The molecule has 0 aliphatic rings. The van der Waals surface area contributed by atoms with Gasteiger partial charge in [0.1, 0.15) is 0 Å². The van der Waals surface area contributed by atoms with E-state index in [1.165, 1.54) is 0 Å². The Kier molecular flexibility index (Phi) is 7.91. The van der Waals surface area contributed by atoms with Gasteiger partial charge in [0, 0.05) is 11.4 Å². The maximum absolute atomic E-state index is 13.0. The van der Waals surface area contributed by atoms with Gasteiger partial charge in [-0.05, 0) is 24.3 Å². The number of para-hydroxylation sites is 2. The first-order valence-corrected chi connectivity index (χ1v) is 8.61. The molecule has 0 fully saturated rings. The second kappa shape index (κ2) is 10.4. The van der Waals surface area contributed by atoms with Crippen LogP contribution in [0.5, 0.6) is 0 Å². The van der Waals surface area contributed by atoms with Gasteiger partial charge in [0.2, 0.25) is 5.91 Å². The number of anilines is 2. The predicted molar refractivity (Wildman–Crippen MR) is 108 cm³/mol. The Labute approximate surface area is 173 Å². The summed E-state index contributed by atoms with van der Waals surface area (Å²) in [5, 5.41) is 0. The van der Waals surface area contributed by atoms with Gasteiger partial charge in [-0.3, -0.25) is 9.69 Å². The second-order valence-electron chi connectivity index (χ2n) is 5.90. The number of carbonyl (C=O) groups excluding carboxylic acids is 1. The summed E-state index contributed by atoms with van der Waals surface area (Å²) in [6.45, 7) is 1.96. The topological polar surface area (TPSA) is 20.3 Å². The van der Waals surface area contributed by atoms with Crippen molar-refractivity contribution in [3.05, 3.63) is 120 Å². The van der Waals surface area contributed by atoms with E-state index in [9.17, 15) is 4.79 Å². The number of hydrogen-bond acceptors (Lipinski definition) is 1. The molecule has 0 aromatic heterocycles. The van der Waals surface area contributed by atoms with Crippen LogP contribution >= 0.6 is 0 Å². The largest absolute Gasteiger partial charge is 2.00 e. The number of rotatable bonds is 3. The van der Waals surface area contributed by atoms with E-state index in [1.54, 1.807) is 4.90 Å². The molecule has 0 atom stereocenters. The van der Waals surface area contributed by atoms with E-state index in [4.69, 9.17) is 0 Å². The summed E-state index contributed by atoms with van der Waals surface area (Å²) >= 11 is 0. The molecule has 0 N–H and O–H groups in total. The molecule has 4 aromatic carbocycles. The molecule has 0 unspecified atom stereocenters. The molecule has 27 heavy (non-hydrogen) atoms.